The minimum Gasteiger partial charge on any atom is -0.395 e. The molecule has 0 aliphatic carbocycles. The predicted octanol–water partition coefficient (Wildman–Crippen LogP) is 1.45. The molecule has 2 atom stereocenters. The first-order valence-corrected chi connectivity index (χ1v) is 8.74. The Morgan fingerprint density at radius 2 is 2.05 bits per heavy atom. The van der Waals surface area contributed by atoms with E-state index in [0.717, 1.165) is 25.7 Å². The highest BCUT2D eigenvalue weighted by molar-refractivity contribution is 7.86. The Labute approximate surface area is 117 Å². The summed E-state index contributed by atoms with van der Waals surface area (Å²) in [5.74, 6) is 0.354. The fourth-order valence-electron chi connectivity index (χ4n) is 2.47. The molecule has 1 fully saturated rings. The third kappa shape index (κ3) is 4.15. The number of hydrogen-bond donors (Lipinski definition) is 1. The van der Waals surface area contributed by atoms with Crippen molar-refractivity contribution in [1.82, 2.24) is 8.61 Å². The number of aliphatic hydroxyl groups is 1. The highest BCUT2D eigenvalue weighted by Crippen LogP contribution is 2.23. The van der Waals surface area contributed by atoms with Gasteiger partial charge in [0.1, 0.15) is 0 Å². The first-order valence-electron chi connectivity index (χ1n) is 7.35. The summed E-state index contributed by atoms with van der Waals surface area (Å²) in [7, 11) is -3.43. The van der Waals surface area contributed by atoms with Crippen LogP contribution in [0.3, 0.4) is 0 Å². The maximum Gasteiger partial charge on any atom is 0.282 e. The van der Waals surface area contributed by atoms with Crippen LogP contribution < -0.4 is 0 Å². The minimum absolute atomic E-state index is 0.0832. The van der Waals surface area contributed by atoms with Gasteiger partial charge < -0.3 is 5.11 Å². The van der Waals surface area contributed by atoms with Crippen molar-refractivity contribution in [2.45, 2.75) is 52.5 Å². The van der Waals surface area contributed by atoms with Crippen LogP contribution in [0.4, 0.5) is 0 Å². The molecule has 2 unspecified atom stereocenters. The normalized spacial score (nSPS) is 23.7. The lowest BCUT2D eigenvalue weighted by Crippen LogP contribution is -2.52. The van der Waals surface area contributed by atoms with E-state index in [2.05, 4.69) is 13.8 Å². The lowest BCUT2D eigenvalue weighted by Gasteiger charge is -2.37. The van der Waals surface area contributed by atoms with Gasteiger partial charge in [0.05, 0.1) is 6.61 Å². The van der Waals surface area contributed by atoms with Gasteiger partial charge in [0.25, 0.3) is 10.2 Å². The van der Waals surface area contributed by atoms with Crippen molar-refractivity contribution in [2.75, 3.05) is 26.2 Å². The first-order chi connectivity index (χ1) is 8.97. The van der Waals surface area contributed by atoms with Gasteiger partial charge in [-0.05, 0) is 18.8 Å². The Kier molecular flexibility index (Phi) is 6.73. The van der Waals surface area contributed by atoms with Crippen LogP contribution in [0, 0.1) is 5.92 Å². The zero-order chi connectivity index (χ0) is 14.5. The van der Waals surface area contributed by atoms with Gasteiger partial charge in [0, 0.05) is 25.7 Å². The molecular weight excluding hydrogens is 264 g/mol. The molecule has 1 heterocycles. The van der Waals surface area contributed by atoms with E-state index >= 15 is 0 Å². The summed E-state index contributed by atoms with van der Waals surface area (Å²) in [6.45, 7) is 7.51. The fourth-order valence-corrected chi connectivity index (χ4v) is 4.45. The van der Waals surface area contributed by atoms with Gasteiger partial charge in [-0.25, -0.2) is 0 Å². The van der Waals surface area contributed by atoms with E-state index in [1.165, 1.54) is 4.31 Å². The predicted molar refractivity (Wildman–Crippen MR) is 77.1 cm³/mol. The molecule has 0 aromatic heterocycles. The van der Waals surface area contributed by atoms with Gasteiger partial charge >= 0.3 is 0 Å². The second-order valence-corrected chi connectivity index (χ2v) is 7.30. The lowest BCUT2D eigenvalue weighted by molar-refractivity contribution is 0.147. The van der Waals surface area contributed by atoms with E-state index in [9.17, 15) is 13.5 Å². The molecule has 114 valence electrons. The molecular formula is C13H28N2O3S. The van der Waals surface area contributed by atoms with E-state index in [1.54, 1.807) is 4.31 Å². The molecule has 0 radical (unpaired) electrons. The van der Waals surface area contributed by atoms with Crippen LogP contribution in [0.5, 0.6) is 0 Å². The molecule has 5 nitrogen and oxygen atoms in total. The van der Waals surface area contributed by atoms with Crippen LogP contribution in [0.1, 0.15) is 46.5 Å². The summed E-state index contributed by atoms with van der Waals surface area (Å²) < 4.78 is 28.4. The van der Waals surface area contributed by atoms with Crippen LogP contribution in [0.2, 0.25) is 0 Å². The summed E-state index contributed by atoms with van der Waals surface area (Å²) in [5.41, 5.74) is 0. The number of piperidine rings is 1. The molecule has 1 aliphatic rings. The zero-order valence-electron chi connectivity index (χ0n) is 12.4. The van der Waals surface area contributed by atoms with Gasteiger partial charge in [-0.3, -0.25) is 0 Å². The van der Waals surface area contributed by atoms with Crippen LogP contribution in [0.15, 0.2) is 0 Å². The Morgan fingerprint density at radius 3 is 2.58 bits per heavy atom. The average molecular weight is 292 g/mol. The van der Waals surface area contributed by atoms with Crippen molar-refractivity contribution in [1.29, 1.82) is 0 Å². The van der Waals surface area contributed by atoms with E-state index in [0.29, 0.717) is 25.6 Å². The molecule has 0 spiro atoms. The van der Waals surface area contributed by atoms with Gasteiger partial charge in [-0.2, -0.15) is 17.0 Å². The maximum atomic E-state index is 12.7. The van der Waals surface area contributed by atoms with Gasteiger partial charge in [0.2, 0.25) is 0 Å². The molecule has 1 rings (SSSR count). The molecule has 1 N–H and O–H groups in total. The van der Waals surface area contributed by atoms with Gasteiger partial charge in [-0.1, -0.05) is 33.6 Å². The topological polar surface area (TPSA) is 60.9 Å². The van der Waals surface area contributed by atoms with Gasteiger partial charge in [-0.15, -0.1) is 0 Å². The van der Waals surface area contributed by atoms with Crippen LogP contribution in [-0.4, -0.2) is 54.4 Å². The van der Waals surface area contributed by atoms with Crippen LogP contribution >= 0.6 is 0 Å². The summed E-state index contributed by atoms with van der Waals surface area (Å²) in [6, 6.07) is -0.246. The van der Waals surface area contributed by atoms with E-state index in [1.807, 2.05) is 6.92 Å². The summed E-state index contributed by atoms with van der Waals surface area (Å²) in [4.78, 5) is 0. The van der Waals surface area contributed by atoms with E-state index in [4.69, 9.17) is 0 Å². The molecule has 0 aromatic carbocycles. The highest BCUT2D eigenvalue weighted by atomic mass is 32.2. The minimum atomic E-state index is -3.43. The largest absolute Gasteiger partial charge is 0.395 e. The standard InChI is InChI=1S/C13H28N2O3S/c1-4-12(3)10-14(5-2)19(17,18)15-9-7-6-8-13(15)11-16/h12-13,16H,4-11H2,1-3H3. The second-order valence-electron chi connectivity index (χ2n) is 5.41. The quantitative estimate of drug-likeness (QED) is 0.772. The zero-order valence-corrected chi connectivity index (χ0v) is 13.2. The van der Waals surface area contributed by atoms with Crippen molar-refractivity contribution in [3.63, 3.8) is 0 Å². The summed E-state index contributed by atoms with van der Waals surface area (Å²) >= 11 is 0. The monoisotopic (exact) mass is 292 g/mol. The number of rotatable bonds is 7. The van der Waals surface area contributed by atoms with Crippen molar-refractivity contribution in [3.8, 4) is 0 Å². The van der Waals surface area contributed by atoms with Crippen molar-refractivity contribution < 1.29 is 13.5 Å². The molecule has 1 aliphatic heterocycles. The Morgan fingerprint density at radius 1 is 1.37 bits per heavy atom. The molecule has 0 bridgehead atoms. The van der Waals surface area contributed by atoms with Crippen molar-refractivity contribution >= 4 is 10.2 Å². The Balaban J connectivity index is 2.86. The first kappa shape index (κ1) is 16.9. The fraction of sp³-hybridized carbons (Fsp3) is 1.00. The second kappa shape index (κ2) is 7.57. The van der Waals surface area contributed by atoms with Crippen LogP contribution in [0.25, 0.3) is 0 Å². The highest BCUT2D eigenvalue weighted by Gasteiger charge is 2.35. The summed E-state index contributed by atoms with van der Waals surface area (Å²) in [6.07, 6.45) is 3.61. The molecule has 6 heteroatoms. The third-order valence-corrected chi connectivity index (χ3v) is 6.10. The molecule has 19 heavy (non-hydrogen) atoms. The average Bonchev–Trinajstić information content (AvgIpc) is 2.43. The van der Waals surface area contributed by atoms with E-state index in [-0.39, 0.29) is 12.6 Å². The molecule has 0 saturated carbocycles. The van der Waals surface area contributed by atoms with Crippen LogP contribution in [-0.2, 0) is 10.2 Å². The Hall–Kier alpha value is -0.170. The molecule has 0 aromatic rings. The molecule has 0 amide bonds. The smallest absolute Gasteiger partial charge is 0.282 e. The number of nitrogens with zero attached hydrogens (tertiary/aromatic N) is 2. The van der Waals surface area contributed by atoms with Crippen molar-refractivity contribution in [3.05, 3.63) is 0 Å². The van der Waals surface area contributed by atoms with Gasteiger partial charge in [0.15, 0.2) is 0 Å². The summed E-state index contributed by atoms with van der Waals surface area (Å²) in [5, 5.41) is 9.38. The van der Waals surface area contributed by atoms with Crippen molar-refractivity contribution in [2.24, 2.45) is 5.92 Å². The third-order valence-electron chi connectivity index (χ3n) is 3.97. The maximum absolute atomic E-state index is 12.7. The number of hydrogen-bond acceptors (Lipinski definition) is 3. The SMILES string of the molecule is CCC(C)CN(CC)S(=O)(=O)N1CCCCC1CO. The molecule has 1 saturated heterocycles. The van der Waals surface area contributed by atoms with E-state index < -0.39 is 10.2 Å². The lowest BCUT2D eigenvalue weighted by atomic mass is 10.1. The Bertz CT molecular complexity index is 359. The number of aliphatic hydroxyl groups excluding tert-OH is 1.